The van der Waals surface area contributed by atoms with Crippen LogP contribution in [0.5, 0.6) is 0 Å². The lowest BCUT2D eigenvalue weighted by molar-refractivity contribution is 0.197. The van der Waals surface area contributed by atoms with Crippen molar-refractivity contribution in [3.8, 4) is 0 Å². The smallest absolute Gasteiger partial charge is 0.0624 e. The predicted molar refractivity (Wildman–Crippen MR) is 88.7 cm³/mol. The molecule has 0 spiro atoms. The largest absolute Gasteiger partial charge is 0.383 e. The minimum Gasteiger partial charge on any atom is -0.383 e. The zero-order valence-electron chi connectivity index (χ0n) is 14.5. The number of nitrogens with one attached hydrogen (secondary N) is 1. The van der Waals surface area contributed by atoms with Gasteiger partial charge in [-0.05, 0) is 50.6 Å². The van der Waals surface area contributed by atoms with Crippen LogP contribution in [-0.2, 0) is 24.1 Å². The molecule has 0 amide bonds. The number of hydrogen-bond acceptors (Lipinski definition) is 3. The molecule has 0 aromatic carbocycles. The first-order chi connectivity index (χ1) is 10.1. The Morgan fingerprint density at radius 3 is 2.67 bits per heavy atom. The first-order valence-electron chi connectivity index (χ1n) is 8.35. The number of aryl methyl sites for hydroxylation is 2. The molecular weight excluding hydrogens is 262 g/mol. The molecule has 0 saturated carbocycles. The molecule has 0 saturated heterocycles. The molecule has 1 N–H and O–H groups in total. The van der Waals surface area contributed by atoms with Crippen molar-refractivity contribution >= 4 is 0 Å². The van der Waals surface area contributed by atoms with Crippen molar-refractivity contribution in [1.82, 2.24) is 15.1 Å². The molecule has 0 aliphatic rings. The zero-order valence-corrected chi connectivity index (χ0v) is 14.5. The van der Waals surface area contributed by atoms with Crippen LogP contribution in [0.1, 0.15) is 45.5 Å². The number of methoxy groups -OCH3 is 1. The highest BCUT2D eigenvalue weighted by Gasteiger charge is 2.15. The third-order valence-electron chi connectivity index (χ3n) is 3.79. The maximum Gasteiger partial charge on any atom is 0.0624 e. The molecule has 0 radical (unpaired) electrons. The van der Waals surface area contributed by atoms with Crippen molar-refractivity contribution < 1.29 is 4.74 Å². The first kappa shape index (κ1) is 18.2. The van der Waals surface area contributed by atoms with Crippen LogP contribution >= 0.6 is 0 Å². The summed E-state index contributed by atoms with van der Waals surface area (Å²) in [5.41, 5.74) is 2.59. The Hall–Kier alpha value is -0.870. The van der Waals surface area contributed by atoms with Gasteiger partial charge >= 0.3 is 0 Å². The summed E-state index contributed by atoms with van der Waals surface area (Å²) < 4.78 is 7.27. The molecule has 1 rings (SSSR count). The van der Waals surface area contributed by atoms with Gasteiger partial charge in [0.2, 0.25) is 0 Å². The highest BCUT2D eigenvalue weighted by Crippen LogP contribution is 2.18. The SMILES string of the molecule is CCc1cc(CC(CNCCOC)CC(C)C)n(CC)n1. The maximum atomic E-state index is 5.10. The van der Waals surface area contributed by atoms with E-state index in [4.69, 9.17) is 4.74 Å². The van der Waals surface area contributed by atoms with Crippen LogP contribution in [0.4, 0.5) is 0 Å². The molecule has 4 heteroatoms. The number of hydrogen-bond donors (Lipinski definition) is 1. The van der Waals surface area contributed by atoms with E-state index in [2.05, 4.69) is 48.9 Å². The zero-order chi connectivity index (χ0) is 15.7. The van der Waals surface area contributed by atoms with E-state index in [-0.39, 0.29) is 0 Å². The lowest BCUT2D eigenvalue weighted by Crippen LogP contribution is -2.28. The second-order valence-electron chi connectivity index (χ2n) is 6.19. The Morgan fingerprint density at radius 1 is 1.33 bits per heavy atom. The second-order valence-corrected chi connectivity index (χ2v) is 6.19. The van der Waals surface area contributed by atoms with Gasteiger partial charge in [0.05, 0.1) is 12.3 Å². The molecule has 1 atom stereocenters. The average Bonchev–Trinajstić information content (AvgIpc) is 2.85. The average molecular weight is 295 g/mol. The molecule has 0 bridgehead atoms. The quantitative estimate of drug-likeness (QED) is 0.638. The first-order valence-corrected chi connectivity index (χ1v) is 8.35. The van der Waals surface area contributed by atoms with E-state index >= 15 is 0 Å². The van der Waals surface area contributed by atoms with E-state index < -0.39 is 0 Å². The normalized spacial score (nSPS) is 13.0. The fourth-order valence-corrected chi connectivity index (χ4v) is 2.81. The highest BCUT2D eigenvalue weighted by molar-refractivity contribution is 5.11. The summed E-state index contributed by atoms with van der Waals surface area (Å²) in [6.45, 7) is 12.7. The van der Waals surface area contributed by atoms with Gasteiger partial charge in [0.1, 0.15) is 0 Å². The number of rotatable bonds is 11. The summed E-state index contributed by atoms with van der Waals surface area (Å²) in [5, 5.41) is 8.18. The third kappa shape index (κ3) is 6.62. The van der Waals surface area contributed by atoms with Gasteiger partial charge < -0.3 is 10.1 Å². The van der Waals surface area contributed by atoms with E-state index in [1.54, 1.807) is 7.11 Å². The van der Waals surface area contributed by atoms with Crippen LogP contribution in [0.15, 0.2) is 6.07 Å². The van der Waals surface area contributed by atoms with E-state index in [0.717, 1.165) is 45.0 Å². The molecule has 21 heavy (non-hydrogen) atoms. The Bertz CT molecular complexity index is 387. The van der Waals surface area contributed by atoms with Crippen molar-refractivity contribution in [3.63, 3.8) is 0 Å². The molecule has 4 nitrogen and oxygen atoms in total. The Morgan fingerprint density at radius 2 is 2.10 bits per heavy atom. The number of nitrogens with zero attached hydrogens (tertiary/aromatic N) is 2. The number of aromatic nitrogens is 2. The molecule has 0 fully saturated rings. The van der Waals surface area contributed by atoms with Crippen LogP contribution in [0.3, 0.4) is 0 Å². The van der Waals surface area contributed by atoms with E-state index in [1.807, 2.05) is 0 Å². The van der Waals surface area contributed by atoms with E-state index in [0.29, 0.717) is 5.92 Å². The highest BCUT2D eigenvalue weighted by atomic mass is 16.5. The predicted octanol–water partition coefficient (Wildman–Crippen LogP) is 2.91. The number of ether oxygens (including phenoxy) is 1. The standard InChI is InChI=1S/C17H33N3O/c1-6-16-12-17(20(7-2)19-16)11-15(10-14(3)4)13-18-8-9-21-5/h12,14-15,18H,6-11,13H2,1-5H3. The fourth-order valence-electron chi connectivity index (χ4n) is 2.81. The van der Waals surface area contributed by atoms with Crippen LogP contribution in [0, 0.1) is 11.8 Å². The molecule has 1 heterocycles. The third-order valence-corrected chi connectivity index (χ3v) is 3.79. The van der Waals surface area contributed by atoms with Crippen LogP contribution in [0.2, 0.25) is 0 Å². The van der Waals surface area contributed by atoms with Crippen molar-refractivity contribution in [1.29, 1.82) is 0 Å². The molecular formula is C17H33N3O. The molecule has 0 aliphatic carbocycles. The van der Waals surface area contributed by atoms with Crippen LogP contribution < -0.4 is 5.32 Å². The van der Waals surface area contributed by atoms with Gasteiger partial charge in [-0.25, -0.2) is 0 Å². The van der Waals surface area contributed by atoms with Crippen molar-refractivity contribution in [2.75, 3.05) is 26.8 Å². The molecule has 1 aromatic heterocycles. The Labute approximate surface area is 130 Å². The minimum absolute atomic E-state index is 0.661. The van der Waals surface area contributed by atoms with Crippen LogP contribution in [-0.4, -0.2) is 36.6 Å². The maximum absolute atomic E-state index is 5.10. The van der Waals surface area contributed by atoms with Crippen molar-refractivity contribution in [3.05, 3.63) is 17.5 Å². The molecule has 122 valence electrons. The van der Waals surface area contributed by atoms with Gasteiger partial charge in [-0.15, -0.1) is 0 Å². The van der Waals surface area contributed by atoms with Gasteiger partial charge in [0, 0.05) is 25.9 Å². The summed E-state index contributed by atoms with van der Waals surface area (Å²) >= 11 is 0. The van der Waals surface area contributed by atoms with Crippen LogP contribution in [0.25, 0.3) is 0 Å². The lowest BCUT2D eigenvalue weighted by atomic mass is 9.92. The summed E-state index contributed by atoms with van der Waals surface area (Å²) in [6, 6.07) is 2.28. The summed E-state index contributed by atoms with van der Waals surface area (Å²) in [6.07, 6.45) is 3.37. The van der Waals surface area contributed by atoms with E-state index in [1.165, 1.54) is 17.8 Å². The summed E-state index contributed by atoms with van der Waals surface area (Å²) in [4.78, 5) is 0. The van der Waals surface area contributed by atoms with Gasteiger partial charge in [-0.2, -0.15) is 5.10 Å². The Balaban J connectivity index is 2.63. The minimum atomic E-state index is 0.661. The molecule has 1 aromatic rings. The van der Waals surface area contributed by atoms with Gasteiger partial charge in [-0.1, -0.05) is 20.8 Å². The Kier molecular flexibility index (Phi) is 8.62. The summed E-state index contributed by atoms with van der Waals surface area (Å²) in [7, 11) is 1.75. The van der Waals surface area contributed by atoms with Gasteiger partial charge in [-0.3, -0.25) is 4.68 Å². The monoisotopic (exact) mass is 295 g/mol. The van der Waals surface area contributed by atoms with Crippen molar-refractivity contribution in [2.45, 2.75) is 53.5 Å². The summed E-state index contributed by atoms with van der Waals surface area (Å²) in [5.74, 6) is 1.39. The topological polar surface area (TPSA) is 39.1 Å². The molecule has 1 unspecified atom stereocenters. The van der Waals surface area contributed by atoms with Crippen molar-refractivity contribution in [2.24, 2.45) is 11.8 Å². The van der Waals surface area contributed by atoms with E-state index in [9.17, 15) is 0 Å². The lowest BCUT2D eigenvalue weighted by Gasteiger charge is -2.20. The fraction of sp³-hybridized carbons (Fsp3) is 0.824. The second kappa shape index (κ2) is 9.96. The molecule has 0 aliphatic heterocycles. The van der Waals surface area contributed by atoms with Gasteiger partial charge in [0.15, 0.2) is 0 Å². The van der Waals surface area contributed by atoms with Gasteiger partial charge in [0.25, 0.3) is 0 Å².